The fraction of sp³-hybridized carbons (Fsp3) is 0.278. The molecule has 8 nitrogen and oxygen atoms in total. The Bertz CT molecular complexity index is 1050. The van der Waals surface area contributed by atoms with Gasteiger partial charge in [0.05, 0.1) is 16.8 Å². The Kier molecular flexibility index (Phi) is 6.48. The first-order valence-electron chi connectivity index (χ1n) is 8.28. The van der Waals surface area contributed by atoms with Crippen molar-refractivity contribution in [3.63, 3.8) is 0 Å². The number of nitrogens with one attached hydrogen (secondary N) is 1. The molecule has 0 atom stereocenters. The molecule has 0 spiro atoms. The summed E-state index contributed by atoms with van der Waals surface area (Å²) in [5.41, 5.74) is 1.78. The highest BCUT2D eigenvalue weighted by molar-refractivity contribution is 7.92. The van der Waals surface area contributed by atoms with E-state index in [9.17, 15) is 21.6 Å². The molecule has 0 aliphatic heterocycles. The molecule has 2 aromatic rings. The van der Waals surface area contributed by atoms with Gasteiger partial charge < -0.3 is 5.32 Å². The van der Waals surface area contributed by atoms with Crippen LogP contribution in [-0.4, -0.2) is 53.9 Å². The zero-order valence-corrected chi connectivity index (χ0v) is 17.7. The second-order valence-corrected chi connectivity index (χ2v) is 10.5. The predicted molar refractivity (Wildman–Crippen MR) is 109 cm³/mol. The molecule has 0 radical (unpaired) electrons. The molecule has 10 heteroatoms. The number of carbonyl (C=O) groups is 1. The highest BCUT2D eigenvalue weighted by Gasteiger charge is 2.23. The van der Waals surface area contributed by atoms with Crippen LogP contribution in [0.2, 0.25) is 0 Å². The smallest absolute Gasteiger partial charge is 0.245 e. The van der Waals surface area contributed by atoms with Gasteiger partial charge in [0.2, 0.25) is 26.0 Å². The molecule has 0 heterocycles. The second kappa shape index (κ2) is 8.29. The predicted octanol–water partition coefficient (Wildman–Crippen LogP) is 1.65. The average Bonchev–Trinajstić information content (AvgIpc) is 2.61. The van der Waals surface area contributed by atoms with Gasteiger partial charge in [-0.1, -0.05) is 17.7 Å². The van der Waals surface area contributed by atoms with Crippen LogP contribution in [0.25, 0.3) is 0 Å². The number of nitrogens with zero attached hydrogens (tertiary/aromatic N) is 2. The van der Waals surface area contributed by atoms with E-state index < -0.39 is 32.5 Å². The Morgan fingerprint density at radius 1 is 0.929 bits per heavy atom. The molecule has 1 amide bonds. The lowest BCUT2D eigenvalue weighted by Crippen LogP contribution is -2.37. The fourth-order valence-electron chi connectivity index (χ4n) is 2.36. The van der Waals surface area contributed by atoms with Gasteiger partial charge in [0, 0.05) is 19.8 Å². The van der Waals surface area contributed by atoms with E-state index in [1.807, 2.05) is 19.1 Å². The number of anilines is 2. The summed E-state index contributed by atoms with van der Waals surface area (Å²) in [6, 6.07) is 12.4. The van der Waals surface area contributed by atoms with Gasteiger partial charge in [-0.15, -0.1) is 0 Å². The summed E-state index contributed by atoms with van der Waals surface area (Å²) >= 11 is 0. The Morgan fingerprint density at radius 3 is 1.93 bits per heavy atom. The van der Waals surface area contributed by atoms with Crippen molar-refractivity contribution in [1.29, 1.82) is 0 Å². The molecule has 0 aromatic heterocycles. The van der Waals surface area contributed by atoms with E-state index in [0.29, 0.717) is 5.69 Å². The van der Waals surface area contributed by atoms with Crippen LogP contribution in [-0.2, 0) is 24.8 Å². The standard InChI is InChI=1S/C18H23N3O5S2/c1-14-5-7-15(8-6-14)19-18(22)13-21(27(4,23)24)16-9-11-17(12-10-16)28(25,26)20(2)3/h5-12H,13H2,1-4H3,(H,19,22). The van der Waals surface area contributed by atoms with Crippen LogP contribution in [0, 0.1) is 6.92 Å². The van der Waals surface area contributed by atoms with Crippen LogP contribution >= 0.6 is 0 Å². The van der Waals surface area contributed by atoms with E-state index in [-0.39, 0.29) is 10.6 Å². The number of amides is 1. The van der Waals surface area contributed by atoms with Gasteiger partial charge in [0.1, 0.15) is 6.54 Å². The molecule has 2 aromatic carbocycles. The van der Waals surface area contributed by atoms with E-state index in [4.69, 9.17) is 0 Å². The van der Waals surface area contributed by atoms with Crippen LogP contribution in [0.4, 0.5) is 11.4 Å². The van der Waals surface area contributed by atoms with Gasteiger partial charge in [-0.05, 0) is 43.3 Å². The summed E-state index contributed by atoms with van der Waals surface area (Å²) in [5, 5.41) is 2.64. The maximum Gasteiger partial charge on any atom is 0.245 e. The molecule has 0 aliphatic rings. The molecule has 0 fully saturated rings. The van der Waals surface area contributed by atoms with Crippen molar-refractivity contribution < 1.29 is 21.6 Å². The largest absolute Gasteiger partial charge is 0.325 e. The fourth-order valence-corrected chi connectivity index (χ4v) is 4.12. The minimum atomic E-state index is -3.76. The van der Waals surface area contributed by atoms with Crippen molar-refractivity contribution in [2.24, 2.45) is 0 Å². The van der Waals surface area contributed by atoms with Crippen molar-refractivity contribution in [1.82, 2.24) is 4.31 Å². The molecule has 0 saturated heterocycles. The Hall–Kier alpha value is -2.43. The Morgan fingerprint density at radius 2 is 1.46 bits per heavy atom. The quantitative estimate of drug-likeness (QED) is 0.726. The number of hydrogen-bond donors (Lipinski definition) is 1. The number of carbonyl (C=O) groups excluding carboxylic acids is 1. The van der Waals surface area contributed by atoms with Crippen LogP contribution in [0.5, 0.6) is 0 Å². The molecule has 152 valence electrons. The number of sulfonamides is 2. The summed E-state index contributed by atoms with van der Waals surface area (Å²) < 4.78 is 50.6. The molecular formula is C18H23N3O5S2. The summed E-state index contributed by atoms with van der Waals surface area (Å²) in [4.78, 5) is 12.4. The van der Waals surface area contributed by atoms with E-state index >= 15 is 0 Å². The highest BCUT2D eigenvalue weighted by atomic mass is 32.2. The molecular weight excluding hydrogens is 402 g/mol. The topological polar surface area (TPSA) is 104 Å². The van der Waals surface area contributed by atoms with Crippen molar-refractivity contribution in [3.8, 4) is 0 Å². The minimum Gasteiger partial charge on any atom is -0.325 e. The zero-order valence-electron chi connectivity index (χ0n) is 16.1. The first kappa shape index (κ1) is 21.9. The number of rotatable bonds is 7. The van der Waals surface area contributed by atoms with Gasteiger partial charge in [0.15, 0.2) is 0 Å². The maximum atomic E-state index is 12.3. The van der Waals surface area contributed by atoms with E-state index in [1.54, 1.807) is 12.1 Å². The lowest BCUT2D eigenvalue weighted by Gasteiger charge is -2.22. The number of aryl methyl sites for hydroxylation is 1. The third-order valence-electron chi connectivity index (χ3n) is 3.93. The monoisotopic (exact) mass is 425 g/mol. The SMILES string of the molecule is Cc1ccc(NC(=O)CN(c2ccc(S(=O)(=O)N(C)C)cc2)S(C)(=O)=O)cc1. The van der Waals surface area contributed by atoms with E-state index in [1.165, 1.54) is 38.4 Å². The zero-order chi connectivity index (χ0) is 21.1. The van der Waals surface area contributed by atoms with Crippen LogP contribution in [0.15, 0.2) is 53.4 Å². The lowest BCUT2D eigenvalue weighted by molar-refractivity contribution is -0.114. The van der Waals surface area contributed by atoms with Crippen LogP contribution in [0.1, 0.15) is 5.56 Å². The molecule has 2 rings (SSSR count). The van der Waals surface area contributed by atoms with Gasteiger partial charge >= 0.3 is 0 Å². The molecule has 0 saturated carbocycles. The van der Waals surface area contributed by atoms with Crippen LogP contribution < -0.4 is 9.62 Å². The molecule has 0 aliphatic carbocycles. The van der Waals surface area contributed by atoms with Gasteiger partial charge in [-0.3, -0.25) is 9.10 Å². The average molecular weight is 426 g/mol. The van der Waals surface area contributed by atoms with Crippen molar-refractivity contribution in [2.75, 3.05) is 36.5 Å². The molecule has 1 N–H and O–H groups in total. The molecule has 0 unspecified atom stereocenters. The molecule has 0 bridgehead atoms. The number of hydrogen-bond acceptors (Lipinski definition) is 5. The summed E-state index contributed by atoms with van der Waals surface area (Å²) in [5.74, 6) is -0.515. The van der Waals surface area contributed by atoms with Crippen molar-refractivity contribution in [3.05, 3.63) is 54.1 Å². The Labute approximate surface area is 165 Å². The summed E-state index contributed by atoms with van der Waals surface area (Å²) in [6.07, 6.45) is 0.983. The normalized spacial score (nSPS) is 12.0. The van der Waals surface area contributed by atoms with Gasteiger partial charge in [-0.25, -0.2) is 21.1 Å². The second-order valence-electron chi connectivity index (χ2n) is 6.47. The van der Waals surface area contributed by atoms with E-state index in [0.717, 1.165) is 20.4 Å². The van der Waals surface area contributed by atoms with Gasteiger partial charge in [0.25, 0.3) is 0 Å². The minimum absolute atomic E-state index is 0.0267. The molecule has 28 heavy (non-hydrogen) atoms. The first-order valence-corrected chi connectivity index (χ1v) is 11.6. The van der Waals surface area contributed by atoms with Gasteiger partial charge in [-0.2, -0.15) is 0 Å². The van der Waals surface area contributed by atoms with Crippen LogP contribution in [0.3, 0.4) is 0 Å². The maximum absolute atomic E-state index is 12.3. The summed E-state index contributed by atoms with van der Waals surface area (Å²) in [7, 11) is -4.59. The number of benzene rings is 2. The first-order chi connectivity index (χ1) is 12.9. The highest BCUT2D eigenvalue weighted by Crippen LogP contribution is 2.22. The lowest BCUT2D eigenvalue weighted by atomic mass is 10.2. The van der Waals surface area contributed by atoms with E-state index in [2.05, 4.69) is 5.32 Å². The van der Waals surface area contributed by atoms with Crippen molar-refractivity contribution >= 4 is 37.3 Å². The third-order valence-corrected chi connectivity index (χ3v) is 6.90. The van der Waals surface area contributed by atoms with Crippen molar-refractivity contribution in [2.45, 2.75) is 11.8 Å². The third kappa shape index (κ3) is 5.31. The summed E-state index contributed by atoms with van der Waals surface area (Å²) in [6.45, 7) is 1.48. The Balaban J connectivity index is 2.24.